The third kappa shape index (κ3) is 8.02. The van der Waals surface area contributed by atoms with Crippen molar-refractivity contribution >= 4 is 12.8 Å². The van der Waals surface area contributed by atoms with Crippen LogP contribution >= 0.6 is 0 Å². The topological polar surface area (TPSA) is 87.4 Å². The van der Waals surface area contributed by atoms with Crippen LogP contribution in [-0.4, -0.2) is 30.4 Å². The molecule has 0 aliphatic carbocycles. The van der Waals surface area contributed by atoms with Crippen molar-refractivity contribution in [1.82, 2.24) is 10.5 Å². The first-order valence-corrected chi connectivity index (χ1v) is 5.06. The minimum atomic E-state index is -0.670. The Morgan fingerprint density at radius 1 is 1.67 bits per heavy atom. The summed E-state index contributed by atoms with van der Waals surface area (Å²) in [6, 6.07) is -0.294. The Morgan fingerprint density at radius 2 is 2.27 bits per heavy atom. The van der Waals surface area contributed by atoms with E-state index in [0.29, 0.717) is 18.8 Å². The Hall–Kier alpha value is -1.01. The van der Waals surface area contributed by atoms with Crippen molar-refractivity contribution in [3.05, 3.63) is 12.4 Å². The molecule has 0 saturated heterocycles. The quantitative estimate of drug-likeness (QED) is 0.321. The molecule has 6 heteroatoms. The molecule has 0 aromatic heterocycles. The van der Waals surface area contributed by atoms with Gasteiger partial charge in [-0.2, -0.15) is 0 Å². The molecule has 0 aromatic carbocycles. The van der Waals surface area contributed by atoms with E-state index in [1.165, 1.54) is 6.92 Å². The van der Waals surface area contributed by atoms with Crippen molar-refractivity contribution in [2.24, 2.45) is 5.73 Å². The predicted octanol–water partition coefficient (Wildman–Crippen LogP) is -0.556. The highest BCUT2D eigenvalue weighted by Gasteiger charge is 2.16. The summed E-state index contributed by atoms with van der Waals surface area (Å²) in [5, 5.41) is 14.8. The van der Waals surface area contributed by atoms with Gasteiger partial charge in [0.15, 0.2) is 0 Å². The van der Waals surface area contributed by atoms with Crippen molar-refractivity contribution in [3.8, 4) is 0 Å². The average molecular weight is 213 g/mol. The van der Waals surface area contributed by atoms with Gasteiger partial charge in [0.25, 0.3) is 0 Å². The van der Waals surface area contributed by atoms with Crippen molar-refractivity contribution in [2.75, 3.05) is 6.54 Å². The van der Waals surface area contributed by atoms with Crippen molar-refractivity contribution < 1.29 is 9.82 Å². The molecule has 0 bridgehead atoms. The first-order valence-electron chi connectivity index (χ1n) is 5.06. The van der Waals surface area contributed by atoms with Crippen LogP contribution in [-0.2, 0) is 4.79 Å². The van der Waals surface area contributed by atoms with Gasteiger partial charge in [-0.25, -0.2) is 0 Å². The molecular formula is C9H20BN3O2. The molecule has 0 rings (SSSR count). The second-order valence-corrected chi connectivity index (χ2v) is 3.60. The molecular weight excluding hydrogens is 193 g/mol. The van der Waals surface area contributed by atoms with Crippen LogP contribution in [0.2, 0.25) is 6.82 Å². The number of ketones is 1. The summed E-state index contributed by atoms with van der Waals surface area (Å²) >= 11 is 0. The van der Waals surface area contributed by atoms with Gasteiger partial charge in [-0.15, -0.1) is 0 Å². The van der Waals surface area contributed by atoms with Gasteiger partial charge >= 0.3 is 7.05 Å². The molecule has 0 radical (unpaired) electrons. The molecule has 86 valence electrons. The Bertz CT molecular complexity index is 221. The molecule has 0 heterocycles. The van der Waals surface area contributed by atoms with Crippen LogP contribution in [0.4, 0.5) is 0 Å². The first-order chi connectivity index (χ1) is 6.93. The standard InChI is InChI=1S/C9H20BN3O2/c1-7(14)9(13-10(3)15)5-4-6-12-8(2)11/h9,12-13,15H,2,4-6,11H2,1,3H3/t9-/m0/s1. The van der Waals surface area contributed by atoms with E-state index in [-0.39, 0.29) is 11.8 Å². The highest BCUT2D eigenvalue weighted by atomic mass is 16.2. The van der Waals surface area contributed by atoms with Gasteiger partial charge in [0.2, 0.25) is 0 Å². The van der Waals surface area contributed by atoms with Gasteiger partial charge in [0.05, 0.1) is 11.9 Å². The molecule has 0 aliphatic heterocycles. The summed E-state index contributed by atoms with van der Waals surface area (Å²) in [5.41, 5.74) is 5.32. The molecule has 0 saturated carbocycles. The Labute approximate surface area is 91.2 Å². The molecule has 0 unspecified atom stereocenters. The van der Waals surface area contributed by atoms with Crippen LogP contribution < -0.4 is 16.3 Å². The SMILES string of the molecule is C=C(N)NCCC[C@H](NB(C)O)C(C)=O. The minimum Gasteiger partial charge on any atom is -0.437 e. The maximum Gasteiger partial charge on any atom is 0.374 e. The zero-order chi connectivity index (χ0) is 11.8. The largest absolute Gasteiger partial charge is 0.437 e. The molecule has 5 N–H and O–H groups in total. The third-order valence-corrected chi connectivity index (χ3v) is 1.95. The number of nitrogens with one attached hydrogen (secondary N) is 2. The molecule has 0 amide bonds. The van der Waals surface area contributed by atoms with Gasteiger partial charge in [-0.3, -0.25) is 4.79 Å². The lowest BCUT2D eigenvalue weighted by atomic mass is 9.86. The molecule has 5 nitrogen and oxygen atoms in total. The van der Waals surface area contributed by atoms with Crippen LogP contribution in [0.25, 0.3) is 0 Å². The van der Waals surface area contributed by atoms with E-state index in [2.05, 4.69) is 17.1 Å². The molecule has 1 atom stereocenters. The molecule has 0 aromatic rings. The fourth-order valence-electron chi connectivity index (χ4n) is 1.25. The fraction of sp³-hybridized carbons (Fsp3) is 0.667. The molecule has 0 fully saturated rings. The van der Waals surface area contributed by atoms with Crippen molar-refractivity contribution in [3.63, 3.8) is 0 Å². The van der Waals surface area contributed by atoms with Gasteiger partial charge in [0.1, 0.15) is 5.78 Å². The minimum absolute atomic E-state index is 0.0301. The Morgan fingerprint density at radius 3 is 2.67 bits per heavy atom. The summed E-state index contributed by atoms with van der Waals surface area (Å²) in [7, 11) is -0.670. The third-order valence-electron chi connectivity index (χ3n) is 1.95. The maximum atomic E-state index is 11.2. The zero-order valence-electron chi connectivity index (χ0n) is 9.42. The van der Waals surface area contributed by atoms with Crippen LogP contribution in [0.5, 0.6) is 0 Å². The van der Waals surface area contributed by atoms with Crippen LogP contribution in [0.15, 0.2) is 12.4 Å². The van der Waals surface area contributed by atoms with Crippen LogP contribution in [0.1, 0.15) is 19.8 Å². The lowest BCUT2D eigenvalue weighted by molar-refractivity contribution is -0.118. The van der Waals surface area contributed by atoms with E-state index in [4.69, 9.17) is 10.8 Å². The molecule has 0 spiro atoms. The second-order valence-electron chi connectivity index (χ2n) is 3.60. The zero-order valence-corrected chi connectivity index (χ0v) is 9.42. The second kappa shape index (κ2) is 7.31. The molecule has 0 aliphatic rings. The normalized spacial score (nSPS) is 11.9. The lowest BCUT2D eigenvalue weighted by Gasteiger charge is -2.16. The van der Waals surface area contributed by atoms with Gasteiger partial charge in [0, 0.05) is 6.54 Å². The number of hydrogen-bond donors (Lipinski definition) is 4. The van der Waals surface area contributed by atoms with E-state index < -0.39 is 7.05 Å². The average Bonchev–Trinajstić information content (AvgIpc) is 2.08. The number of Topliss-reactive ketones (excluding diaryl/α,β-unsaturated/α-hetero) is 1. The number of carbonyl (C=O) groups is 1. The number of nitrogens with two attached hydrogens (primary N) is 1. The summed E-state index contributed by atoms with van der Waals surface area (Å²) < 4.78 is 0. The lowest BCUT2D eigenvalue weighted by Crippen LogP contribution is -2.44. The van der Waals surface area contributed by atoms with Gasteiger partial charge in [-0.1, -0.05) is 6.58 Å². The predicted molar refractivity (Wildman–Crippen MR) is 62.0 cm³/mol. The highest BCUT2D eigenvalue weighted by Crippen LogP contribution is 1.98. The van der Waals surface area contributed by atoms with E-state index >= 15 is 0 Å². The van der Waals surface area contributed by atoms with E-state index in [1.54, 1.807) is 6.82 Å². The highest BCUT2D eigenvalue weighted by molar-refractivity contribution is 6.46. The van der Waals surface area contributed by atoms with E-state index in [1.807, 2.05) is 0 Å². The van der Waals surface area contributed by atoms with Gasteiger partial charge in [-0.05, 0) is 26.6 Å². The Balaban J connectivity index is 3.76. The summed E-state index contributed by atoms with van der Waals surface area (Å²) in [6.45, 7) is 7.28. The number of carbonyl (C=O) groups excluding carboxylic acids is 1. The van der Waals surface area contributed by atoms with Gasteiger partial charge < -0.3 is 21.3 Å². The van der Waals surface area contributed by atoms with E-state index in [0.717, 1.165) is 6.42 Å². The monoisotopic (exact) mass is 213 g/mol. The summed E-state index contributed by atoms with van der Waals surface area (Å²) in [4.78, 5) is 11.2. The summed E-state index contributed by atoms with van der Waals surface area (Å²) in [5.74, 6) is 0.459. The number of rotatable bonds is 8. The molecule has 15 heavy (non-hydrogen) atoms. The maximum absolute atomic E-state index is 11.2. The fourth-order valence-corrected chi connectivity index (χ4v) is 1.25. The summed E-state index contributed by atoms with van der Waals surface area (Å²) in [6.07, 6.45) is 1.46. The van der Waals surface area contributed by atoms with Crippen molar-refractivity contribution in [1.29, 1.82) is 0 Å². The van der Waals surface area contributed by atoms with Crippen molar-refractivity contribution in [2.45, 2.75) is 32.6 Å². The Kier molecular flexibility index (Phi) is 6.82. The number of hydrogen-bond acceptors (Lipinski definition) is 5. The van der Waals surface area contributed by atoms with Crippen LogP contribution in [0.3, 0.4) is 0 Å². The smallest absolute Gasteiger partial charge is 0.374 e. The van der Waals surface area contributed by atoms with Crippen LogP contribution in [0, 0.1) is 0 Å². The van der Waals surface area contributed by atoms with E-state index in [9.17, 15) is 4.79 Å². The first kappa shape index (κ1) is 14.0.